The maximum absolute atomic E-state index is 5.25. The molecule has 2 radical (unpaired) electrons. The van der Waals surface area contributed by atoms with Gasteiger partial charge in [-0.2, -0.15) is 0 Å². The molecular formula is C96H96Fe2N16O. The van der Waals surface area contributed by atoms with Crippen LogP contribution in [0.1, 0.15) is 211 Å². The molecule has 0 unspecified atom stereocenters. The second-order valence-corrected chi connectivity index (χ2v) is 39.0. The molecule has 0 aliphatic carbocycles. The van der Waals surface area contributed by atoms with Crippen molar-refractivity contribution < 1.29 is 39.6 Å². The molecule has 6 aromatic heterocycles. The third kappa shape index (κ3) is 14.7. The third-order valence-corrected chi connectivity index (χ3v) is 22.3. The van der Waals surface area contributed by atoms with Crippen LogP contribution in [-0.4, -0.2) is 59.8 Å². The van der Waals surface area contributed by atoms with Crippen molar-refractivity contribution in [3.8, 4) is 91.1 Å². The second-order valence-electron chi connectivity index (χ2n) is 39.0. The molecule has 4 aliphatic rings. The molecule has 0 amide bonds. The summed E-state index contributed by atoms with van der Waals surface area (Å²) in [5.74, 6) is 4.49. The molecule has 0 saturated carbocycles. The number of fused-ring (bicyclic) bond motifs is 40. The van der Waals surface area contributed by atoms with Crippen molar-refractivity contribution in [1.29, 1.82) is 0 Å². The van der Waals surface area contributed by atoms with Gasteiger partial charge in [-0.15, -0.1) is 0 Å². The Morgan fingerprint density at radius 3 is 0.470 bits per heavy atom. The topological polar surface area (TPSA) is 240 Å². The van der Waals surface area contributed by atoms with Crippen LogP contribution in [0.15, 0.2) is 146 Å². The van der Waals surface area contributed by atoms with Crippen LogP contribution in [-0.2, 0) is 82.9 Å². The Hall–Kier alpha value is -10.5. The second kappa shape index (κ2) is 27.9. The van der Waals surface area contributed by atoms with Gasteiger partial charge in [0.25, 0.3) is 0 Å². The van der Waals surface area contributed by atoms with Crippen LogP contribution in [0.3, 0.4) is 0 Å². The predicted octanol–water partition coefficient (Wildman–Crippen LogP) is 22.5. The molecule has 16 bridgehead atoms. The van der Waals surface area contributed by atoms with Gasteiger partial charge in [-0.3, -0.25) is 0 Å². The molecular weight excluding hydrogens is 1500 g/mol. The average molecular weight is 1600 g/mol. The first-order valence-corrected chi connectivity index (χ1v) is 39.1. The molecule has 10 heterocycles. The van der Waals surface area contributed by atoms with Gasteiger partial charge in [0, 0.05) is 89.7 Å². The summed E-state index contributed by atoms with van der Waals surface area (Å²) in [6.45, 7) is 53.2. The van der Waals surface area contributed by atoms with Crippen LogP contribution in [0.4, 0.5) is 0 Å². The Kier molecular flexibility index (Phi) is 19.6. The van der Waals surface area contributed by atoms with Gasteiger partial charge in [0.1, 0.15) is 0 Å². The first-order valence-electron chi connectivity index (χ1n) is 39.1. The van der Waals surface area contributed by atoms with Crippen LogP contribution in [0, 0.1) is 0 Å². The minimum atomic E-state index is -0.0826. The van der Waals surface area contributed by atoms with Crippen LogP contribution in [0.2, 0.25) is 0 Å². The van der Waals surface area contributed by atoms with Gasteiger partial charge in [-0.05, 0) is 179 Å². The Morgan fingerprint density at radius 2 is 0.304 bits per heavy atom. The van der Waals surface area contributed by atoms with Gasteiger partial charge in [0.05, 0.1) is 46.6 Å². The summed E-state index contributed by atoms with van der Waals surface area (Å²) >= 11 is 0. The van der Waals surface area contributed by atoms with E-state index < -0.39 is 0 Å². The molecule has 19 heteroatoms. The molecule has 0 atom stereocenters. The van der Waals surface area contributed by atoms with Gasteiger partial charge >= 0.3 is 34.1 Å². The van der Waals surface area contributed by atoms with Gasteiger partial charge in [-0.1, -0.05) is 263 Å². The molecule has 0 fully saturated rings. The molecule has 582 valence electrons. The van der Waals surface area contributed by atoms with Gasteiger partial charge in [-0.25, -0.2) is 19.9 Å². The molecule has 14 aromatic rings. The maximum Gasteiger partial charge on any atom is 3.00 e. The van der Waals surface area contributed by atoms with Gasteiger partial charge in [0.15, 0.2) is 0 Å². The summed E-state index contributed by atoms with van der Waals surface area (Å²) < 4.78 is 0. The maximum atomic E-state index is 5.25. The molecule has 4 aliphatic heterocycles. The molecule has 0 N–H and O–H groups in total. The number of aromatic nitrogens is 16. The van der Waals surface area contributed by atoms with E-state index in [2.05, 4.69) is 312 Å². The minimum Gasteiger partial charge on any atom is -2.00 e. The van der Waals surface area contributed by atoms with E-state index in [1.165, 1.54) is 44.5 Å². The summed E-state index contributed by atoms with van der Waals surface area (Å²) in [6.07, 6.45) is 0. The van der Waals surface area contributed by atoms with E-state index in [1.54, 1.807) is 0 Å². The Balaban J connectivity index is 0.000000185. The number of benzene rings is 8. The molecule has 0 saturated heterocycles. The van der Waals surface area contributed by atoms with Crippen molar-refractivity contribution in [2.24, 2.45) is 0 Å². The zero-order valence-electron chi connectivity index (χ0n) is 70.1. The quantitative estimate of drug-likeness (QED) is 0.128. The molecule has 0 spiro atoms. The van der Waals surface area contributed by atoms with Crippen molar-refractivity contribution in [3.05, 3.63) is 190 Å². The van der Waals surface area contributed by atoms with Crippen molar-refractivity contribution in [3.63, 3.8) is 0 Å². The van der Waals surface area contributed by atoms with Crippen LogP contribution < -0.4 is 19.9 Å². The molecule has 17 nitrogen and oxygen atoms in total. The monoisotopic (exact) mass is 1600 g/mol. The molecule has 8 aromatic carbocycles. The van der Waals surface area contributed by atoms with Gasteiger partial charge < -0.3 is 65.3 Å². The number of nitrogens with zero attached hydrogens (tertiary/aromatic N) is 16. The van der Waals surface area contributed by atoms with Crippen molar-refractivity contribution in [1.82, 2.24) is 79.7 Å². The largest absolute Gasteiger partial charge is 3.00 e. The van der Waals surface area contributed by atoms with E-state index in [0.717, 1.165) is 87.6 Å². The third-order valence-electron chi connectivity index (χ3n) is 22.3. The minimum absolute atomic E-state index is 0. The van der Waals surface area contributed by atoms with Crippen molar-refractivity contribution >= 4 is 88.3 Å². The van der Waals surface area contributed by atoms with Crippen molar-refractivity contribution in [2.75, 3.05) is 0 Å². The van der Waals surface area contributed by atoms with E-state index in [1.807, 2.05) is 0 Å². The van der Waals surface area contributed by atoms with Crippen LogP contribution >= 0.6 is 0 Å². The fourth-order valence-electron chi connectivity index (χ4n) is 15.1. The van der Waals surface area contributed by atoms with Crippen molar-refractivity contribution in [2.45, 2.75) is 209 Å². The zero-order valence-corrected chi connectivity index (χ0v) is 72.3. The number of rotatable bonds is 0. The summed E-state index contributed by atoms with van der Waals surface area (Å²) in [6, 6.07) is 51.9. The fourth-order valence-corrected chi connectivity index (χ4v) is 15.1. The summed E-state index contributed by atoms with van der Waals surface area (Å²) in [5, 5.41) is 7.28. The normalized spacial score (nSPS) is 13.0. The average Bonchev–Trinajstić information content (AvgIpc) is 1.59. The fraction of sp³-hybridized carbons (Fsp3) is 0.333. The smallest absolute Gasteiger partial charge is 2.00 e. The van der Waals surface area contributed by atoms with Crippen LogP contribution in [0.5, 0.6) is 0 Å². The standard InChI is InChI=1S/2C48H48N8.2Fe.O/c2*1-45(2,3)25-13-17-29-33(21-25)41-49-37(29)54-42-35-23-27(47(7,8)9)15-19-31(35)39(51-42)56-44-36-24-28(48(10,11)12)16-20-32(36)40(52-44)55-43-34-22-26(46(4,5)6)14-18-30(34)38(50-43)53-41;;;/h2*13-24H,1-12H3;;;/q2*-2;2*+3;-2. The zero-order chi connectivity index (χ0) is 79.4. The van der Waals surface area contributed by atoms with E-state index in [4.69, 9.17) is 79.7 Å². The van der Waals surface area contributed by atoms with E-state index in [-0.39, 0.29) is 82.9 Å². The molecule has 18 rings (SSSR count). The van der Waals surface area contributed by atoms with Gasteiger partial charge in [0.2, 0.25) is 0 Å². The Morgan fingerprint density at radius 1 is 0.165 bits per heavy atom. The number of hydrogen-bond acceptors (Lipinski definition) is 12. The Labute approximate surface area is 693 Å². The summed E-state index contributed by atoms with van der Waals surface area (Å²) in [7, 11) is 0. The molecule has 115 heavy (non-hydrogen) atoms. The summed E-state index contributed by atoms with van der Waals surface area (Å²) in [5.41, 5.74) is 20.6. The first-order chi connectivity index (χ1) is 52.4. The Bertz CT molecular complexity index is 5930. The van der Waals surface area contributed by atoms with E-state index in [0.29, 0.717) is 91.8 Å². The van der Waals surface area contributed by atoms with E-state index >= 15 is 0 Å². The van der Waals surface area contributed by atoms with Crippen LogP contribution in [0.25, 0.3) is 179 Å². The summed E-state index contributed by atoms with van der Waals surface area (Å²) in [4.78, 5) is 83.2. The SMILES string of the molecule is CC(C)(C)c1ccc2c(c1)-c1nc-2nc2[n-]c(nc3nc(nc4[n-]c(n1)c1ccc(C(C)(C)C)cc41)-c1ccc(C(C)(C)C)cc1-3)c1ccc(C(C)(C)C)cc21.CC(C)(C)c1ccc2c(c1)-c1nc-2nc2[n-]c(nc3nc(nc4[n-]c(n1)c1ccc(C(C)(C)C)cc41)-c1ccc(C(C)(C)C)cc1-3)c1ccc(C(C)(C)C)cc21.[Fe+3].[Fe+3].[O-2]. The number of hydrogen-bond donors (Lipinski definition) is 0. The first kappa shape index (κ1) is 81.1. The van der Waals surface area contributed by atoms with E-state index in [9.17, 15) is 0 Å². The predicted molar refractivity (Wildman–Crippen MR) is 458 cm³/mol.